The van der Waals surface area contributed by atoms with Crippen molar-refractivity contribution in [3.8, 4) is 0 Å². The smallest absolute Gasteiger partial charge is 0.0308 e. The van der Waals surface area contributed by atoms with E-state index in [4.69, 9.17) is 0 Å². The molecule has 0 aromatic rings. The fourth-order valence-electron chi connectivity index (χ4n) is 4.59. The van der Waals surface area contributed by atoms with Crippen LogP contribution < -0.4 is 5.32 Å². The molecule has 2 saturated carbocycles. The molecule has 2 atom stereocenters. The molecule has 1 N–H and O–H groups in total. The van der Waals surface area contributed by atoms with E-state index < -0.39 is 0 Å². The van der Waals surface area contributed by atoms with Crippen molar-refractivity contribution in [2.75, 3.05) is 19.6 Å². The maximum Gasteiger partial charge on any atom is 0.0308 e. The van der Waals surface area contributed by atoms with Crippen LogP contribution in [-0.2, 0) is 0 Å². The molecule has 18 heavy (non-hydrogen) atoms. The SMILES string of the molecule is CC1CCCC(N2CCCNC3(CCCC3)C2)C1. The molecule has 3 fully saturated rings. The molecular weight excluding hydrogens is 220 g/mol. The summed E-state index contributed by atoms with van der Waals surface area (Å²) in [5, 5.41) is 3.90. The summed E-state index contributed by atoms with van der Waals surface area (Å²) in [7, 11) is 0. The van der Waals surface area contributed by atoms with Crippen LogP contribution in [0, 0.1) is 5.92 Å². The Kier molecular flexibility index (Phi) is 3.95. The lowest BCUT2D eigenvalue weighted by Gasteiger charge is -2.40. The van der Waals surface area contributed by atoms with Crippen molar-refractivity contribution in [3.05, 3.63) is 0 Å². The molecule has 0 aromatic carbocycles. The van der Waals surface area contributed by atoms with E-state index in [0.717, 1.165) is 12.0 Å². The first-order valence-electron chi connectivity index (χ1n) is 8.27. The highest BCUT2D eigenvalue weighted by Gasteiger charge is 2.38. The average Bonchev–Trinajstić information content (AvgIpc) is 2.70. The molecule has 0 aromatic heterocycles. The summed E-state index contributed by atoms with van der Waals surface area (Å²) in [6.07, 6.45) is 12.9. The fourth-order valence-corrected chi connectivity index (χ4v) is 4.59. The lowest BCUT2D eigenvalue weighted by molar-refractivity contribution is 0.110. The number of rotatable bonds is 1. The molecule has 2 heteroatoms. The van der Waals surface area contributed by atoms with Gasteiger partial charge in [-0.1, -0.05) is 32.6 Å². The predicted molar refractivity (Wildman–Crippen MR) is 76.8 cm³/mol. The minimum atomic E-state index is 0.497. The molecule has 1 heterocycles. The Balaban J connectivity index is 1.66. The van der Waals surface area contributed by atoms with Gasteiger partial charge in [0.15, 0.2) is 0 Å². The predicted octanol–water partition coefficient (Wildman–Crippen LogP) is 3.17. The van der Waals surface area contributed by atoms with Crippen LogP contribution in [0.5, 0.6) is 0 Å². The van der Waals surface area contributed by atoms with E-state index >= 15 is 0 Å². The Hall–Kier alpha value is -0.0800. The molecule has 1 spiro atoms. The first-order chi connectivity index (χ1) is 8.77. The highest BCUT2D eigenvalue weighted by Crippen LogP contribution is 2.35. The van der Waals surface area contributed by atoms with Crippen LogP contribution in [0.1, 0.15) is 64.7 Å². The zero-order chi connectivity index (χ0) is 12.4. The summed E-state index contributed by atoms with van der Waals surface area (Å²) in [5.74, 6) is 0.958. The summed E-state index contributed by atoms with van der Waals surface area (Å²) in [6.45, 7) is 6.38. The van der Waals surface area contributed by atoms with Crippen molar-refractivity contribution in [1.82, 2.24) is 10.2 Å². The van der Waals surface area contributed by atoms with Gasteiger partial charge in [-0.15, -0.1) is 0 Å². The summed E-state index contributed by atoms with van der Waals surface area (Å²) in [5.41, 5.74) is 0.497. The molecule has 3 rings (SSSR count). The third kappa shape index (κ3) is 2.75. The first-order valence-corrected chi connectivity index (χ1v) is 8.27. The molecular formula is C16H30N2. The molecule has 2 aliphatic carbocycles. The van der Waals surface area contributed by atoms with Gasteiger partial charge in [0, 0.05) is 18.1 Å². The Bertz CT molecular complexity index is 270. The van der Waals surface area contributed by atoms with Crippen LogP contribution in [0.25, 0.3) is 0 Å². The van der Waals surface area contributed by atoms with Gasteiger partial charge in [-0.2, -0.15) is 0 Å². The van der Waals surface area contributed by atoms with Gasteiger partial charge in [0.25, 0.3) is 0 Å². The molecule has 0 amide bonds. The maximum atomic E-state index is 3.90. The minimum Gasteiger partial charge on any atom is -0.310 e. The Morgan fingerprint density at radius 1 is 1.06 bits per heavy atom. The molecule has 2 unspecified atom stereocenters. The van der Waals surface area contributed by atoms with E-state index in [9.17, 15) is 0 Å². The normalized spacial score (nSPS) is 37.8. The van der Waals surface area contributed by atoms with E-state index in [1.165, 1.54) is 77.4 Å². The first kappa shape index (κ1) is 12.9. The Morgan fingerprint density at radius 3 is 2.67 bits per heavy atom. The summed E-state index contributed by atoms with van der Waals surface area (Å²) in [6, 6.07) is 0.895. The van der Waals surface area contributed by atoms with Gasteiger partial charge in [-0.05, 0) is 51.1 Å². The van der Waals surface area contributed by atoms with Crippen LogP contribution in [0.2, 0.25) is 0 Å². The third-order valence-electron chi connectivity index (χ3n) is 5.61. The summed E-state index contributed by atoms with van der Waals surface area (Å²) >= 11 is 0. The zero-order valence-corrected chi connectivity index (χ0v) is 12.1. The van der Waals surface area contributed by atoms with Crippen molar-refractivity contribution >= 4 is 0 Å². The standard InChI is InChI=1S/C16H30N2/c1-14-6-4-7-15(12-14)18-11-5-10-17-16(13-18)8-2-3-9-16/h14-15,17H,2-13H2,1H3. The monoisotopic (exact) mass is 250 g/mol. The van der Waals surface area contributed by atoms with E-state index in [0.29, 0.717) is 5.54 Å². The van der Waals surface area contributed by atoms with E-state index in [2.05, 4.69) is 17.1 Å². The molecule has 104 valence electrons. The van der Waals surface area contributed by atoms with Gasteiger partial charge >= 0.3 is 0 Å². The summed E-state index contributed by atoms with van der Waals surface area (Å²) in [4.78, 5) is 2.86. The van der Waals surface area contributed by atoms with E-state index in [1.54, 1.807) is 0 Å². The van der Waals surface area contributed by atoms with E-state index in [-0.39, 0.29) is 0 Å². The van der Waals surface area contributed by atoms with Gasteiger partial charge < -0.3 is 5.32 Å². The number of nitrogens with one attached hydrogen (secondary N) is 1. The minimum absolute atomic E-state index is 0.497. The molecule has 2 nitrogen and oxygen atoms in total. The van der Waals surface area contributed by atoms with Crippen LogP contribution in [-0.4, -0.2) is 36.1 Å². The second-order valence-corrected chi connectivity index (χ2v) is 7.16. The average molecular weight is 250 g/mol. The van der Waals surface area contributed by atoms with Crippen molar-refractivity contribution in [1.29, 1.82) is 0 Å². The van der Waals surface area contributed by atoms with Crippen LogP contribution in [0.4, 0.5) is 0 Å². The Labute approximate surface area is 113 Å². The van der Waals surface area contributed by atoms with Gasteiger partial charge in [0.1, 0.15) is 0 Å². The van der Waals surface area contributed by atoms with Gasteiger partial charge in [-0.3, -0.25) is 4.90 Å². The van der Waals surface area contributed by atoms with Gasteiger partial charge in [-0.25, -0.2) is 0 Å². The van der Waals surface area contributed by atoms with Crippen molar-refractivity contribution in [2.45, 2.75) is 76.3 Å². The topological polar surface area (TPSA) is 15.3 Å². The maximum absolute atomic E-state index is 3.90. The lowest BCUT2D eigenvalue weighted by Crippen LogP contribution is -2.52. The van der Waals surface area contributed by atoms with Crippen molar-refractivity contribution in [2.24, 2.45) is 5.92 Å². The highest BCUT2D eigenvalue weighted by atomic mass is 15.2. The van der Waals surface area contributed by atoms with Crippen LogP contribution in [0.15, 0.2) is 0 Å². The van der Waals surface area contributed by atoms with Crippen LogP contribution in [0.3, 0.4) is 0 Å². The van der Waals surface area contributed by atoms with Crippen molar-refractivity contribution in [3.63, 3.8) is 0 Å². The fraction of sp³-hybridized carbons (Fsp3) is 1.00. The highest BCUT2D eigenvalue weighted by molar-refractivity contribution is 4.98. The quantitative estimate of drug-likeness (QED) is 0.769. The lowest BCUT2D eigenvalue weighted by atomic mass is 9.85. The largest absolute Gasteiger partial charge is 0.310 e. The molecule has 0 radical (unpaired) electrons. The zero-order valence-electron chi connectivity index (χ0n) is 12.1. The number of hydrogen-bond acceptors (Lipinski definition) is 2. The van der Waals surface area contributed by atoms with Gasteiger partial charge in [0.05, 0.1) is 0 Å². The van der Waals surface area contributed by atoms with Crippen molar-refractivity contribution < 1.29 is 0 Å². The Morgan fingerprint density at radius 2 is 1.89 bits per heavy atom. The van der Waals surface area contributed by atoms with Crippen LogP contribution >= 0.6 is 0 Å². The van der Waals surface area contributed by atoms with Gasteiger partial charge in [0.2, 0.25) is 0 Å². The number of nitrogens with zero attached hydrogens (tertiary/aromatic N) is 1. The van der Waals surface area contributed by atoms with E-state index in [1.807, 2.05) is 0 Å². The third-order valence-corrected chi connectivity index (χ3v) is 5.61. The second-order valence-electron chi connectivity index (χ2n) is 7.16. The summed E-state index contributed by atoms with van der Waals surface area (Å²) < 4.78 is 0. The molecule has 0 bridgehead atoms. The molecule has 1 saturated heterocycles. The molecule has 1 aliphatic heterocycles. The second kappa shape index (κ2) is 5.50. The number of hydrogen-bond donors (Lipinski definition) is 1. The molecule has 3 aliphatic rings.